The molecule has 178 valence electrons. The highest BCUT2D eigenvalue weighted by atomic mass is 32.2. The van der Waals surface area contributed by atoms with E-state index in [2.05, 4.69) is 10.6 Å². The van der Waals surface area contributed by atoms with Gasteiger partial charge in [0.05, 0.1) is 25.1 Å². The summed E-state index contributed by atoms with van der Waals surface area (Å²) in [6.45, 7) is 3.53. The van der Waals surface area contributed by atoms with E-state index in [4.69, 9.17) is 4.74 Å². The van der Waals surface area contributed by atoms with Crippen molar-refractivity contribution in [3.8, 4) is 5.75 Å². The number of methoxy groups -OCH3 is 1. The van der Waals surface area contributed by atoms with Gasteiger partial charge in [0.25, 0.3) is 0 Å². The van der Waals surface area contributed by atoms with E-state index in [1.165, 1.54) is 16.4 Å². The van der Waals surface area contributed by atoms with Crippen LogP contribution in [0, 0.1) is 0 Å². The zero-order valence-corrected chi connectivity index (χ0v) is 19.7. The Hall–Kier alpha value is -2.95. The van der Waals surface area contributed by atoms with Crippen LogP contribution in [0.3, 0.4) is 0 Å². The van der Waals surface area contributed by atoms with Gasteiger partial charge in [-0.15, -0.1) is 0 Å². The van der Waals surface area contributed by atoms with Gasteiger partial charge < -0.3 is 15.4 Å². The summed E-state index contributed by atoms with van der Waals surface area (Å²) in [6.07, 6.45) is 1.75. The lowest BCUT2D eigenvalue weighted by Crippen LogP contribution is -2.38. The molecule has 0 aliphatic carbocycles. The number of nitrogens with one attached hydrogen (secondary N) is 2. The molecule has 2 N–H and O–H groups in total. The van der Waals surface area contributed by atoms with Crippen LogP contribution in [0.5, 0.6) is 5.75 Å². The average molecular weight is 475 g/mol. The maximum atomic E-state index is 12.6. The number of carbonyl (C=O) groups excluding carboxylic acids is 2. The van der Waals surface area contributed by atoms with Gasteiger partial charge in [-0.3, -0.25) is 14.5 Å². The number of nitrogens with zero attached hydrogens (tertiary/aromatic N) is 2. The van der Waals surface area contributed by atoms with Crippen molar-refractivity contribution in [2.75, 3.05) is 50.5 Å². The molecule has 0 saturated carbocycles. The van der Waals surface area contributed by atoms with Gasteiger partial charge in [-0.1, -0.05) is 13.0 Å². The molecule has 2 aromatic rings. The molecule has 0 unspecified atom stereocenters. The number of amides is 2. The molecular formula is C23H30N4O5S. The number of anilines is 2. The van der Waals surface area contributed by atoms with Gasteiger partial charge in [0, 0.05) is 30.5 Å². The molecule has 0 bridgehead atoms. The summed E-state index contributed by atoms with van der Waals surface area (Å²) in [6, 6.07) is 13.2. The Morgan fingerprint density at radius 3 is 2.15 bits per heavy atom. The lowest BCUT2D eigenvalue weighted by atomic mass is 10.3. The Morgan fingerprint density at radius 1 is 0.970 bits per heavy atom. The second-order valence-corrected chi connectivity index (χ2v) is 9.71. The number of hydrogen-bond acceptors (Lipinski definition) is 6. The van der Waals surface area contributed by atoms with Gasteiger partial charge in [0.1, 0.15) is 5.75 Å². The first-order valence-electron chi connectivity index (χ1n) is 10.9. The third kappa shape index (κ3) is 6.77. The van der Waals surface area contributed by atoms with Crippen molar-refractivity contribution < 1.29 is 22.7 Å². The van der Waals surface area contributed by atoms with E-state index in [0.29, 0.717) is 36.8 Å². The van der Waals surface area contributed by atoms with E-state index in [0.717, 1.165) is 12.8 Å². The SMILES string of the molecule is CCN(CC(=O)Nc1ccc(S(=O)(=O)N2CCCC2)cc1)CC(=O)Nc1cccc(OC)c1. The van der Waals surface area contributed by atoms with E-state index < -0.39 is 10.0 Å². The third-order valence-corrected chi connectivity index (χ3v) is 7.29. The molecule has 0 radical (unpaired) electrons. The fraction of sp³-hybridized carbons (Fsp3) is 0.391. The Morgan fingerprint density at radius 2 is 1.58 bits per heavy atom. The van der Waals surface area contributed by atoms with E-state index >= 15 is 0 Å². The van der Waals surface area contributed by atoms with Crippen LogP contribution in [0.15, 0.2) is 53.4 Å². The van der Waals surface area contributed by atoms with E-state index in [1.807, 2.05) is 6.92 Å². The van der Waals surface area contributed by atoms with Crippen molar-refractivity contribution >= 4 is 33.2 Å². The number of rotatable bonds is 10. The zero-order valence-electron chi connectivity index (χ0n) is 18.9. The summed E-state index contributed by atoms with van der Waals surface area (Å²) in [7, 11) is -1.94. The summed E-state index contributed by atoms with van der Waals surface area (Å²) in [5.41, 5.74) is 1.11. The van der Waals surface area contributed by atoms with Gasteiger partial charge in [0.2, 0.25) is 21.8 Å². The minimum atomic E-state index is -3.49. The van der Waals surface area contributed by atoms with Crippen LogP contribution < -0.4 is 15.4 Å². The van der Waals surface area contributed by atoms with Crippen molar-refractivity contribution in [1.29, 1.82) is 0 Å². The number of sulfonamides is 1. The van der Waals surface area contributed by atoms with Crippen LogP contribution >= 0.6 is 0 Å². The van der Waals surface area contributed by atoms with Gasteiger partial charge >= 0.3 is 0 Å². The second kappa shape index (κ2) is 11.3. The number of hydrogen-bond donors (Lipinski definition) is 2. The van der Waals surface area contributed by atoms with E-state index in [-0.39, 0.29) is 29.8 Å². The van der Waals surface area contributed by atoms with Crippen LogP contribution in [0.25, 0.3) is 0 Å². The van der Waals surface area contributed by atoms with Crippen molar-refractivity contribution in [3.63, 3.8) is 0 Å². The molecule has 3 rings (SSSR count). The number of likely N-dealkylation sites (N-methyl/N-ethyl adjacent to an activating group) is 1. The Kier molecular flexibility index (Phi) is 8.43. The zero-order chi connectivity index (χ0) is 23.8. The molecule has 1 aliphatic rings. The molecule has 2 aromatic carbocycles. The topological polar surface area (TPSA) is 108 Å². The molecule has 1 saturated heterocycles. The normalized spacial score (nSPS) is 14.3. The van der Waals surface area contributed by atoms with Crippen LogP contribution in [-0.4, -0.2) is 69.3 Å². The molecule has 10 heteroatoms. The standard InChI is InChI=1S/C23H30N4O5S/c1-3-26(17-23(29)25-19-7-6-8-20(15-19)32-2)16-22(28)24-18-9-11-21(12-10-18)33(30,31)27-13-4-5-14-27/h6-12,15H,3-5,13-14,16-17H2,1-2H3,(H,24,28)(H,25,29). The lowest BCUT2D eigenvalue weighted by Gasteiger charge is -2.19. The molecule has 2 amide bonds. The highest BCUT2D eigenvalue weighted by Gasteiger charge is 2.27. The Bertz CT molecular complexity index is 1070. The molecule has 1 fully saturated rings. The molecule has 1 heterocycles. The van der Waals surface area contributed by atoms with Gasteiger partial charge in [-0.2, -0.15) is 4.31 Å². The Balaban J connectivity index is 1.52. The quantitative estimate of drug-likeness (QED) is 0.547. The van der Waals surface area contributed by atoms with Crippen molar-refractivity contribution in [2.24, 2.45) is 0 Å². The largest absolute Gasteiger partial charge is 0.497 e. The van der Waals surface area contributed by atoms with Crippen molar-refractivity contribution in [2.45, 2.75) is 24.7 Å². The second-order valence-electron chi connectivity index (χ2n) is 7.77. The molecule has 0 atom stereocenters. The minimum absolute atomic E-state index is 0.0237. The molecule has 9 nitrogen and oxygen atoms in total. The first-order valence-corrected chi connectivity index (χ1v) is 12.3. The predicted octanol–water partition coefficient (Wildman–Crippen LogP) is 2.38. The van der Waals surface area contributed by atoms with Crippen LogP contribution in [0.2, 0.25) is 0 Å². The van der Waals surface area contributed by atoms with Crippen LogP contribution in [0.4, 0.5) is 11.4 Å². The fourth-order valence-electron chi connectivity index (χ4n) is 3.58. The molecule has 0 spiro atoms. The average Bonchev–Trinajstić information content (AvgIpc) is 3.35. The molecule has 1 aliphatic heterocycles. The maximum Gasteiger partial charge on any atom is 0.243 e. The summed E-state index contributed by atoms with van der Waals surface area (Å²) >= 11 is 0. The first-order chi connectivity index (χ1) is 15.8. The van der Waals surface area contributed by atoms with Crippen molar-refractivity contribution in [3.05, 3.63) is 48.5 Å². The monoisotopic (exact) mass is 474 g/mol. The van der Waals surface area contributed by atoms with Gasteiger partial charge in [0.15, 0.2) is 0 Å². The molecule has 0 aromatic heterocycles. The lowest BCUT2D eigenvalue weighted by molar-refractivity contribution is -0.119. The Labute approximate surface area is 194 Å². The van der Waals surface area contributed by atoms with Crippen LogP contribution in [-0.2, 0) is 19.6 Å². The van der Waals surface area contributed by atoms with Gasteiger partial charge in [-0.05, 0) is 55.8 Å². The highest BCUT2D eigenvalue weighted by Crippen LogP contribution is 2.22. The summed E-state index contributed by atoms with van der Waals surface area (Å²) < 4.78 is 31.8. The molecule has 33 heavy (non-hydrogen) atoms. The van der Waals surface area contributed by atoms with Crippen LogP contribution in [0.1, 0.15) is 19.8 Å². The first kappa shape index (κ1) is 24.7. The number of carbonyl (C=O) groups is 2. The number of ether oxygens (including phenoxy) is 1. The van der Waals surface area contributed by atoms with E-state index in [1.54, 1.807) is 48.4 Å². The predicted molar refractivity (Wildman–Crippen MR) is 127 cm³/mol. The summed E-state index contributed by atoms with van der Waals surface area (Å²) in [5.74, 6) is 0.106. The highest BCUT2D eigenvalue weighted by molar-refractivity contribution is 7.89. The minimum Gasteiger partial charge on any atom is -0.497 e. The smallest absolute Gasteiger partial charge is 0.243 e. The number of benzene rings is 2. The fourth-order valence-corrected chi connectivity index (χ4v) is 5.09. The summed E-state index contributed by atoms with van der Waals surface area (Å²) in [5, 5.41) is 5.55. The third-order valence-electron chi connectivity index (χ3n) is 5.38. The maximum absolute atomic E-state index is 12.6. The van der Waals surface area contributed by atoms with E-state index in [9.17, 15) is 18.0 Å². The summed E-state index contributed by atoms with van der Waals surface area (Å²) in [4.78, 5) is 26.8. The molecular weight excluding hydrogens is 444 g/mol. The van der Waals surface area contributed by atoms with Gasteiger partial charge in [-0.25, -0.2) is 8.42 Å². The van der Waals surface area contributed by atoms with Crippen molar-refractivity contribution in [1.82, 2.24) is 9.21 Å².